The van der Waals surface area contributed by atoms with E-state index >= 15 is 0 Å². The van der Waals surface area contributed by atoms with Crippen LogP contribution in [0.15, 0.2) is 23.7 Å². The summed E-state index contributed by atoms with van der Waals surface area (Å²) in [6, 6.07) is 2.69. The van der Waals surface area contributed by atoms with Gasteiger partial charge in [-0.1, -0.05) is 11.6 Å². The van der Waals surface area contributed by atoms with Crippen LogP contribution in [0.1, 0.15) is 28.3 Å². The van der Waals surface area contributed by atoms with Crippen LogP contribution in [-0.4, -0.2) is 21.0 Å². The molecule has 5 nitrogen and oxygen atoms in total. The van der Waals surface area contributed by atoms with Crippen molar-refractivity contribution < 1.29 is 9.90 Å². The van der Waals surface area contributed by atoms with E-state index in [9.17, 15) is 4.79 Å². The molecule has 0 aliphatic rings. The molecule has 1 unspecified atom stereocenters. The van der Waals surface area contributed by atoms with Crippen molar-refractivity contribution in [2.24, 2.45) is 0 Å². The van der Waals surface area contributed by atoms with Crippen LogP contribution in [0.25, 0.3) is 0 Å². The van der Waals surface area contributed by atoms with Crippen molar-refractivity contribution in [2.45, 2.75) is 13.0 Å². The quantitative estimate of drug-likeness (QED) is 0.844. The van der Waals surface area contributed by atoms with Gasteiger partial charge in [0.1, 0.15) is 16.0 Å². The lowest BCUT2D eigenvalue weighted by molar-refractivity contribution is 0.0697. The van der Waals surface area contributed by atoms with Crippen molar-refractivity contribution in [2.75, 3.05) is 5.32 Å². The molecule has 18 heavy (non-hydrogen) atoms. The molecule has 2 heterocycles. The normalized spacial score (nSPS) is 12.1. The molecule has 0 aliphatic heterocycles. The second-order valence-corrected chi connectivity index (χ2v) is 4.92. The van der Waals surface area contributed by atoms with Gasteiger partial charge in [-0.05, 0) is 19.1 Å². The molecule has 2 rings (SSSR count). The molecule has 0 amide bonds. The maximum absolute atomic E-state index is 10.9. The molecule has 0 bridgehead atoms. The van der Waals surface area contributed by atoms with Gasteiger partial charge in [-0.3, -0.25) is 0 Å². The van der Waals surface area contributed by atoms with E-state index in [1.54, 1.807) is 6.20 Å². The standard InChI is InChI=1S/C11H10ClN3O2S/c1-6(10-13-2-3-18-10)14-9-5-7(11(16)17)4-8(12)15-9/h2-6H,1H3,(H,14,15)(H,16,17). The molecule has 2 aromatic heterocycles. The fourth-order valence-electron chi connectivity index (χ4n) is 1.43. The van der Waals surface area contributed by atoms with Gasteiger partial charge in [-0.2, -0.15) is 0 Å². The lowest BCUT2D eigenvalue weighted by Crippen LogP contribution is -2.09. The Morgan fingerprint density at radius 3 is 2.94 bits per heavy atom. The molecular formula is C11H10ClN3O2S. The Morgan fingerprint density at radius 1 is 1.56 bits per heavy atom. The highest BCUT2D eigenvalue weighted by Gasteiger charge is 2.12. The van der Waals surface area contributed by atoms with E-state index in [4.69, 9.17) is 16.7 Å². The van der Waals surface area contributed by atoms with Gasteiger partial charge in [0.15, 0.2) is 0 Å². The number of thiazole rings is 1. The largest absolute Gasteiger partial charge is 0.478 e. The number of nitrogens with one attached hydrogen (secondary N) is 1. The molecule has 1 atom stereocenters. The zero-order valence-electron chi connectivity index (χ0n) is 9.42. The van der Waals surface area contributed by atoms with E-state index in [0.717, 1.165) is 5.01 Å². The molecule has 0 saturated heterocycles. The van der Waals surface area contributed by atoms with Crippen LogP contribution in [0.5, 0.6) is 0 Å². The van der Waals surface area contributed by atoms with Crippen molar-refractivity contribution in [3.05, 3.63) is 39.4 Å². The van der Waals surface area contributed by atoms with Gasteiger partial charge >= 0.3 is 5.97 Å². The van der Waals surface area contributed by atoms with E-state index in [0.29, 0.717) is 5.82 Å². The number of pyridine rings is 1. The van der Waals surface area contributed by atoms with E-state index < -0.39 is 5.97 Å². The van der Waals surface area contributed by atoms with Crippen molar-refractivity contribution in [1.82, 2.24) is 9.97 Å². The summed E-state index contributed by atoms with van der Waals surface area (Å²) in [7, 11) is 0. The van der Waals surface area contributed by atoms with Crippen molar-refractivity contribution in [1.29, 1.82) is 0 Å². The summed E-state index contributed by atoms with van der Waals surface area (Å²) >= 11 is 7.29. The smallest absolute Gasteiger partial charge is 0.335 e. The average molecular weight is 284 g/mol. The lowest BCUT2D eigenvalue weighted by Gasteiger charge is -2.12. The van der Waals surface area contributed by atoms with E-state index in [1.807, 2.05) is 12.3 Å². The van der Waals surface area contributed by atoms with Crippen LogP contribution >= 0.6 is 22.9 Å². The molecule has 7 heteroatoms. The number of halogens is 1. The third-order valence-electron chi connectivity index (χ3n) is 2.23. The van der Waals surface area contributed by atoms with Crippen LogP contribution in [0.3, 0.4) is 0 Å². The Morgan fingerprint density at radius 2 is 2.33 bits per heavy atom. The molecule has 0 fully saturated rings. The minimum atomic E-state index is -1.04. The predicted molar refractivity (Wildman–Crippen MR) is 70.4 cm³/mol. The second-order valence-electron chi connectivity index (χ2n) is 3.61. The molecule has 94 valence electrons. The van der Waals surface area contributed by atoms with Crippen molar-refractivity contribution in [3.63, 3.8) is 0 Å². The number of anilines is 1. The zero-order chi connectivity index (χ0) is 13.1. The number of aromatic nitrogens is 2. The summed E-state index contributed by atoms with van der Waals surface area (Å²) in [5, 5.41) is 14.9. The van der Waals surface area contributed by atoms with E-state index in [2.05, 4.69) is 15.3 Å². The van der Waals surface area contributed by atoms with E-state index in [1.165, 1.54) is 23.5 Å². The highest BCUT2D eigenvalue weighted by Crippen LogP contribution is 2.22. The number of hydrogen-bond acceptors (Lipinski definition) is 5. The molecule has 0 aliphatic carbocycles. The number of carboxylic acid groups (broad SMARTS) is 1. The van der Waals surface area contributed by atoms with Gasteiger partial charge in [0.25, 0.3) is 0 Å². The summed E-state index contributed by atoms with van der Waals surface area (Å²) in [5.74, 6) is -0.619. The molecular weight excluding hydrogens is 274 g/mol. The lowest BCUT2D eigenvalue weighted by atomic mass is 10.2. The fourth-order valence-corrected chi connectivity index (χ4v) is 2.28. The summed E-state index contributed by atoms with van der Waals surface area (Å²) in [6.45, 7) is 1.92. The Bertz CT molecular complexity index is 559. The molecule has 0 aromatic carbocycles. The molecule has 0 radical (unpaired) electrons. The Balaban J connectivity index is 2.21. The van der Waals surface area contributed by atoms with E-state index in [-0.39, 0.29) is 16.8 Å². The molecule has 2 N–H and O–H groups in total. The molecule has 0 spiro atoms. The predicted octanol–water partition coefficient (Wildman–Crippen LogP) is 3.06. The van der Waals surface area contributed by atoms with Crippen LogP contribution in [0, 0.1) is 0 Å². The monoisotopic (exact) mass is 283 g/mol. The summed E-state index contributed by atoms with van der Waals surface area (Å²) in [5.41, 5.74) is 0.101. The van der Waals surface area contributed by atoms with Crippen LogP contribution < -0.4 is 5.32 Å². The zero-order valence-corrected chi connectivity index (χ0v) is 11.0. The maximum Gasteiger partial charge on any atom is 0.335 e. The Labute approximate surface area is 112 Å². The molecule has 2 aromatic rings. The Hall–Kier alpha value is -1.66. The minimum Gasteiger partial charge on any atom is -0.478 e. The highest BCUT2D eigenvalue weighted by molar-refractivity contribution is 7.09. The summed E-state index contributed by atoms with van der Waals surface area (Å²) in [4.78, 5) is 19.1. The number of hydrogen-bond donors (Lipinski definition) is 2. The molecule has 0 saturated carbocycles. The number of carbonyl (C=O) groups is 1. The topological polar surface area (TPSA) is 75.1 Å². The van der Waals surface area contributed by atoms with Crippen molar-refractivity contribution >= 4 is 34.7 Å². The second kappa shape index (κ2) is 5.32. The van der Waals surface area contributed by atoms with Crippen molar-refractivity contribution in [3.8, 4) is 0 Å². The SMILES string of the molecule is CC(Nc1cc(C(=O)O)cc(Cl)n1)c1nccs1. The first-order valence-corrected chi connectivity index (χ1v) is 6.39. The Kier molecular flexibility index (Phi) is 3.78. The van der Waals surface area contributed by atoms with Gasteiger partial charge < -0.3 is 10.4 Å². The van der Waals surface area contributed by atoms with Crippen LogP contribution in [0.2, 0.25) is 5.15 Å². The first-order valence-electron chi connectivity index (χ1n) is 5.13. The minimum absolute atomic E-state index is 0.0578. The number of nitrogens with zero attached hydrogens (tertiary/aromatic N) is 2. The fraction of sp³-hybridized carbons (Fsp3) is 0.182. The third-order valence-corrected chi connectivity index (χ3v) is 3.38. The number of carboxylic acids is 1. The van der Waals surface area contributed by atoms with Gasteiger partial charge in [-0.25, -0.2) is 14.8 Å². The number of rotatable bonds is 4. The van der Waals surface area contributed by atoms with Crippen LogP contribution in [0.4, 0.5) is 5.82 Å². The first-order chi connectivity index (χ1) is 8.56. The number of aromatic carboxylic acids is 1. The maximum atomic E-state index is 10.9. The van der Waals surface area contributed by atoms with Gasteiger partial charge in [0, 0.05) is 11.6 Å². The van der Waals surface area contributed by atoms with Gasteiger partial charge in [0.05, 0.1) is 11.6 Å². The third kappa shape index (κ3) is 2.96. The highest BCUT2D eigenvalue weighted by atomic mass is 35.5. The van der Waals surface area contributed by atoms with Gasteiger partial charge in [0.2, 0.25) is 0 Å². The summed E-state index contributed by atoms with van der Waals surface area (Å²) in [6.07, 6.45) is 1.71. The first kappa shape index (κ1) is 12.8. The average Bonchev–Trinajstić information content (AvgIpc) is 2.81. The van der Waals surface area contributed by atoms with Gasteiger partial charge in [-0.15, -0.1) is 11.3 Å². The summed E-state index contributed by atoms with van der Waals surface area (Å²) < 4.78 is 0. The van der Waals surface area contributed by atoms with Crippen LogP contribution in [-0.2, 0) is 0 Å².